The molecule has 0 aliphatic heterocycles. The number of carboxylic acids is 1. The first kappa shape index (κ1) is 11.3. The fourth-order valence-electron chi connectivity index (χ4n) is 1.09. The maximum Gasteiger partial charge on any atom is 0.328 e. The molecule has 0 aromatic heterocycles. The van der Waals surface area contributed by atoms with Crippen molar-refractivity contribution in [1.29, 1.82) is 0 Å². The number of Topliss-reactive ketones (excluding diaryl/α,β-unsaturated/α-hetero) is 1. The van der Waals surface area contributed by atoms with Crippen LogP contribution in [0.5, 0.6) is 0 Å². The highest BCUT2D eigenvalue weighted by Gasteiger charge is 2.22. The number of nitrogens with two attached hydrogens (primary N) is 1. The van der Waals surface area contributed by atoms with Crippen LogP contribution in [0.2, 0.25) is 0 Å². The normalized spacial score (nSPS) is 12.2. The number of carboxylic acid groups (broad SMARTS) is 1. The minimum Gasteiger partial charge on any atom is -0.480 e. The first-order valence-corrected chi connectivity index (χ1v) is 4.22. The smallest absolute Gasteiger partial charge is 0.328 e. The van der Waals surface area contributed by atoms with E-state index in [-0.39, 0.29) is 11.1 Å². The number of hydrogen-bond donors (Lipinski definition) is 2. The van der Waals surface area contributed by atoms with E-state index in [1.165, 1.54) is 19.1 Å². The molecule has 0 amide bonds. The molecule has 0 fully saturated rings. The van der Waals surface area contributed by atoms with Crippen LogP contribution in [0.25, 0.3) is 0 Å². The Labute approximate surface area is 85.5 Å². The number of benzene rings is 1. The molecule has 5 heteroatoms. The van der Waals surface area contributed by atoms with Crippen molar-refractivity contribution in [3.63, 3.8) is 0 Å². The van der Waals surface area contributed by atoms with Crippen molar-refractivity contribution in [2.75, 3.05) is 0 Å². The lowest BCUT2D eigenvalue weighted by Gasteiger charge is -2.06. The largest absolute Gasteiger partial charge is 0.480 e. The van der Waals surface area contributed by atoms with E-state index < -0.39 is 23.6 Å². The Morgan fingerprint density at radius 2 is 2.07 bits per heavy atom. The molecule has 0 heterocycles. The standard InChI is InChI=1S/C10H10FNO3/c1-5-4-6(2-3-7(5)11)9(13)8(12)10(14)15/h2-4,8H,12H2,1H3,(H,14,15). The molecule has 0 bridgehead atoms. The topological polar surface area (TPSA) is 80.4 Å². The van der Waals surface area contributed by atoms with Gasteiger partial charge in [0.25, 0.3) is 0 Å². The number of aliphatic carboxylic acids is 1. The second-order valence-corrected chi connectivity index (χ2v) is 3.14. The van der Waals surface area contributed by atoms with Crippen molar-refractivity contribution >= 4 is 11.8 Å². The summed E-state index contributed by atoms with van der Waals surface area (Å²) in [5, 5.41) is 8.52. The number of hydrogen-bond acceptors (Lipinski definition) is 3. The third kappa shape index (κ3) is 2.38. The SMILES string of the molecule is Cc1cc(C(=O)C(N)C(=O)O)ccc1F. The summed E-state index contributed by atoms with van der Waals surface area (Å²) >= 11 is 0. The average molecular weight is 211 g/mol. The number of ketones is 1. The Kier molecular flexibility index (Phi) is 3.16. The van der Waals surface area contributed by atoms with Gasteiger partial charge < -0.3 is 10.8 Å². The maximum atomic E-state index is 12.9. The van der Waals surface area contributed by atoms with Crippen molar-refractivity contribution in [3.8, 4) is 0 Å². The highest BCUT2D eigenvalue weighted by Crippen LogP contribution is 2.10. The van der Waals surface area contributed by atoms with E-state index in [1.54, 1.807) is 0 Å². The Bertz CT molecular complexity index is 417. The van der Waals surface area contributed by atoms with Crippen LogP contribution in [0.15, 0.2) is 18.2 Å². The molecule has 1 atom stereocenters. The lowest BCUT2D eigenvalue weighted by atomic mass is 10.0. The third-order valence-corrected chi connectivity index (χ3v) is 1.99. The minimum atomic E-state index is -1.60. The predicted octanol–water partition coefficient (Wildman–Crippen LogP) is 0.729. The van der Waals surface area contributed by atoms with Crippen molar-refractivity contribution in [1.82, 2.24) is 0 Å². The molecule has 4 nitrogen and oxygen atoms in total. The highest BCUT2D eigenvalue weighted by molar-refractivity contribution is 6.11. The number of rotatable bonds is 3. The third-order valence-electron chi connectivity index (χ3n) is 1.99. The van der Waals surface area contributed by atoms with E-state index >= 15 is 0 Å². The average Bonchev–Trinajstić information content (AvgIpc) is 2.19. The second kappa shape index (κ2) is 4.18. The van der Waals surface area contributed by atoms with Crippen LogP contribution in [-0.4, -0.2) is 22.9 Å². The van der Waals surface area contributed by atoms with Crippen LogP contribution in [0.1, 0.15) is 15.9 Å². The molecule has 1 aromatic rings. The van der Waals surface area contributed by atoms with Crippen LogP contribution in [-0.2, 0) is 4.79 Å². The lowest BCUT2D eigenvalue weighted by Crippen LogP contribution is -2.38. The van der Waals surface area contributed by atoms with Gasteiger partial charge in [-0.2, -0.15) is 0 Å². The van der Waals surface area contributed by atoms with Gasteiger partial charge in [-0.3, -0.25) is 9.59 Å². The van der Waals surface area contributed by atoms with Gasteiger partial charge in [0, 0.05) is 5.56 Å². The molecule has 0 saturated carbocycles. The molecule has 0 aliphatic carbocycles. The summed E-state index contributed by atoms with van der Waals surface area (Å²) in [6, 6.07) is 2.00. The van der Waals surface area contributed by atoms with Gasteiger partial charge in [0.2, 0.25) is 0 Å². The maximum absolute atomic E-state index is 12.9. The van der Waals surface area contributed by atoms with E-state index in [9.17, 15) is 14.0 Å². The molecule has 3 N–H and O–H groups in total. The lowest BCUT2D eigenvalue weighted by molar-refractivity contribution is -0.137. The molecular formula is C10H10FNO3. The Hall–Kier alpha value is -1.75. The summed E-state index contributed by atoms with van der Waals surface area (Å²) in [5.41, 5.74) is 5.51. The Morgan fingerprint density at radius 1 is 1.47 bits per heavy atom. The van der Waals surface area contributed by atoms with E-state index in [4.69, 9.17) is 10.8 Å². The van der Waals surface area contributed by atoms with Gasteiger partial charge in [-0.25, -0.2) is 4.39 Å². The molecule has 1 rings (SSSR count). The van der Waals surface area contributed by atoms with Crippen LogP contribution < -0.4 is 5.73 Å². The van der Waals surface area contributed by atoms with Gasteiger partial charge in [0.15, 0.2) is 11.8 Å². The van der Waals surface area contributed by atoms with E-state index in [0.29, 0.717) is 0 Å². The minimum absolute atomic E-state index is 0.101. The quantitative estimate of drug-likeness (QED) is 0.570. The summed E-state index contributed by atoms with van der Waals surface area (Å²) in [7, 11) is 0. The monoisotopic (exact) mass is 211 g/mol. The van der Waals surface area contributed by atoms with Gasteiger partial charge >= 0.3 is 5.97 Å². The van der Waals surface area contributed by atoms with Gasteiger partial charge in [0.05, 0.1) is 0 Å². The number of aryl methyl sites for hydroxylation is 1. The predicted molar refractivity (Wildman–Crippen MR) is 51.1 cm³/mol. The summed E-state index contributed by atoms with van der Waals surface area (Å²) in [4.78, 5) is 21.9. The molecule has 1 unspecified atom stereocenters. The number of carbonyl (C=O) groups excluding carboxylic acids is 1. The molecule has 0 saturated heterocycles. The van der Waals surface area contributed by atoms with Crippen LogP contribution in [0.3, 0.4) is 0 Å². The number of halogens is 1. The first-order valence-electron chi connectivity index (χ1n) is 4.22. The van der Waals surface area contributed by atoms with Crippen molar-refractivity contribution in [2.24, 2.45) is 5.73 Å². The van der Waals surface area contributed by atoms with Gasteiger partial charge in [-0.1, -0.05) is 0 Å². The van der Waals surface area contributed by atoms with Crippen LogP contribution in [0, 0.1) is 12.7 Å². The molecule has 80 valence electrons. The van der Waals surface area contributed by atoms with Crippen LogP contribution >= 0.6 is 0 Å². The summed E-state index contributed by atoms with van der Waals surface area (Å²) < 4.78 is 12.9. The van der Waals surface area contributed by atoms with Gasteiger partial charge in [0.1, 0.15) is 5.82 Å². The second-order valence-electron chi connectivity index (χ2n) is 3.14. The zero-order chi connectivity index (χ0) is 11.6. The van der Waals surface area contributed by atoms with Crippen molar-refractivity contribution < 1.29 is 19.1 Å². The molecule has 0 aliphatic rings. The van der Waals surface area contributed by atoms with E-state index in [0.717, 1.165) is 6.07 Å². The Balaban J connectivity index is 3.02. The fourth-order valence-corrected chi connectivity index (χ4v) is 1.09. The summed E-state index contributed by atoms with van der Waals surface area (Å²) in [6.07, 6.45) is 0. The van der Waals surface area contributed by atoms with Crippen molar-refractivity contribution in [2.45, 2.75) is 13.0 Å². The molecular weight excluding hydrogens is 201 g/mol. The molecule has 15 heavy (non-hydrogen) atoms. The van der Waals surface area contributed by atoms with Crippen molar-refractivity contribution in [3.05, 3.63) is 35.1 Å². The zero-order valence-electron chi connectivity index (χ0n) is 8.03. The Morgan fingerprint density at radius 3 is 2.53 bits per heavy atom. The van der Waals surface area contributed by atoms with Crippen LogP contribution in [0.4, 0.5) is 4.39 Å². The fraction of sp³-hybridized carbons (Fsp3) is 0.200. The van der Waals surface area contributed by atoms with E-state index in [1.807, 2.05) is 0 Å². The summed E-state index contributed by atoms with van der Waals surface area (Å²) in [5.74, 6) is -2.58. The molecule has 0 radical (unpaired) electrons. The van der Waals surface area contributed by atoms with Gasteiger partial charge in [-0.05, 0) is 30.7 Å². The molecule has 0 spiro atoms. The zero-order valence-corrected chi connectivity index (χ0v) is 8.03. The number of carbonyl (C=O) groups is 2. The van der Waals surface area contributed by atoms with E-state index in [2.05, 4.69) is 0 Å². The summed E-state index contributed by atoms with van der Waals surface area (Å²) in [6.45, 7) is 1.48. The highest BCUT2D eigenvalue weighted by atomic mass is 19.1. The first-order chi connectivity index (χ1) is 6.93. The van der Waals surface area contributed by atoms with Gasteiger partial charge in [-0.15, -0.1) is 0 Å². The molecule has 1 aromatic carbocycles.